The van der Waals surface area contributed by atoms with Gasteiger partial charge in [0.2, 0.25) is 0 Å². The van der Waals surface area contributed by atoms with E-state index in [1.807, 2.05) is 0 Å². The summed E-state index contributed by atoms with van der Waals surface area (Å²) >= 11 is 0. The molecule has 76 valence electrons. The molecule has 0 spiro atoms. The zero-order valence-electron chi connectivity index (χ0n) is 8.60. The van der Waals surface area contributed by atoms with Gasteiger partial charge in [0.1, 0.15) is 0 Å². The van der Waals surface area contributed by atoms with E-state index in [9.17, 15) is 0 Å². The molecule has 0 radical (unpaired) electrons. The van der Waals surface area contributed by atoms with Crippen LogP contribution in [0.25, 0.3) is 0 Å². The van der Waals surface area contributed by atoms with Gasteiger partial charge in [0.25, 0.3) is 0 Å². The van der Waals surface area contributed by atoms with Crippen molar-refractivity contribution in [3.8, 4) is 0 Å². The summed E-state index contributed by atoms with van der Waals surface area (Å²) in [5.74, 6) is 0. The maximum absolute atomic E-state index is 3.67. The van der Waals surface area contributed by atoms with Gasteiger partial charge in [-0.25, -0.2) is 0 Å². The number of hydrogen-bond acceptors (Lipinski definition) is 2. The largest absolute Gasteiger partial charge is 0.313 e. The molecule has 0 amide bonds. The predicted molar refractivity (Wildman–Crippen MR) is 55.9 cm³/mol. The zero-order chi connectivity index (χ0) is 8.93. The van der Waals surface area contributed by atoms with Crippen LogP contribution in [0, 0.1) is 0 Å². The normalized spacial score (nSPS) is 31.8. The Labute approximate surface area is 81.7 Å². The predicted octanol–water partition coefficient (Wildman–Crippen LogP) is 1.61. The lowest BCUT2D eigenvalue weighted by Crippen LogP contribution is -2.39. The summed E-state index contributed by atoms with van der Waals surface area (Å²) in [4.78, 5) is 2.63. The first-order valence-electron chi connectivity index (χ1n) is 5.91. The van der Waals surface area contributed by atoms with Crippen molar-refractivity contribution < 1.29 is 0 Å². The highest BCUT2D eigenvalue weighted by Gasteiger charge is 2.17. The van der Waals surface area contributed by atoms with E-state index < -0.39 is 0 Å². The van der Waals surface area contributed by atoms with E-state index >= 15 is 0 Å². The second-order valence-electron chi connectivity index (χ2n) is 4.51. The summed E-state index contributed by atoms with van der Waals surface area (Å²) < 4.78 is 0. The highest BCUT2D eigenvalue weighted by atomic mass is 15.2. The van der Waals surface area contributed by atoms with Gasteiger partial charge in [-0.1, -0.05) is 12.8 Å². The van der Waals surface area contributed by atoms with Gasteiger partial charge < -0.3 is 10.2 Å². The van der Waals surface area contributed by atoms with E-state index in [-0.39, 0.29) is 0 Å². The lowest BCUT2D eigenvalue weighted by atomic mass is 10.1. The van der Waals surface area contributed by atoms with Crippen LogP contribution < -0.4 is 5.32 Å². The summed E-state index contributed by atoms with van der Waals surface area (Å²) in [6.07, 6.45) is 8.50. The van der Waals surface area contributed by atoms with Gasteiger partial charge in [-0.3, -0.25) is 0 Å². The Morgan fingerprint density at radius 3 is 2.69 bits per heavy atom. The van der Waals surface area contributed by atoms with Crippen LogP contribution in [0.1, 0.15) is 38.5 Å². The molecule has 0 saturated carbocycles. The number of likely N-dealkylation sites (tertiary alicyclic amines) is 1. The van der Waals surface area contributed by atoms with Gasteiger partial charge >= 0.3 is 0 Å². The topological polar surface area (TPSA) is 15.3 Å². The van der Waals surface area contributed by atoms with Gasteiger partial charge in [0.05, 0.1) is 0 Å². The van der Waals surface area contributed by atoms with Crippen molar-refractivity contribution in [1.82, 2.24) is 10.2 Å². The SMILES string of the molecule is C1CCN[C@H](CN2CCCC2)CC1. The zero-order valence-corrected chi connectivity index (χ0v) is 8.60. The van der Waals surface area contributed by atoms with Gasteiger partial charge in [-0.15, -0.1) is 0 Å². The molecule has 0 aromatic carbocycles. The third kappa shape index (κ3) is 2.96. The molecule has 2 heterocycles. The van der Waals surface area contributed by atoms with Gasteiger partial charge in [-0.05, 0) is 45.3 Å². The highest BCUT2D eigenvalue weighted by Crippen LogP contribution is 2.13. The average Bonchev–Trinajstić information content (AvgIpc) is 2.49. The van der Waals surface area contributed by atoms with Crippen LogP contribution in [0.4, 0.5) is 0 Å². The highest BCUT2D eigenvalue weighted by molar-refractivity contribution is 4.77. The second kappa shape index (κ2) is 4.97. The summed E-state index contributed by atoms with van der Waals surface area (Å²) in [7, 11) is 0. The Kier molecular flexibility index (Phi) is 3.62. The minimum atomic E-state index is 0.792. The molecule has 0 aliphatic carbocycles. The van der Waals surface area contributed by atoms with Crippen LogP contribution in [0.3, 0.4) is 0 Å². The fourth-order valence-electron chi connectivity index (χ4n) is 2.53. The minimum absolute atomic E-state index is 0.792. The molecule has 1 atom stereocenters. The third-order valence-electron chi connectivity index (χ3n) is 3.34. The fraction of sp³-hybridized carbons (Fsp3) is 1.00. The first kappa shape index (κ1) is 9.47. The summed E-state index contributed by atoms with van der Waals surface area (Å²) in [6, 6.07) is 0.792. The number of nitrogens with one attached hydrogen (secondary N) is 1. The second-order valence-corrected chi connectivity index (χ2v) is 4.51. The van der Waals surface area contributed by atoms with Crippen molar-refractivity contribution >= 4 is 0 Å². The van der Waals surface area contributed by atoms with Crippen molar-refractivity contribution in [1.29, 1.82) is 0 Å². The third-order valence-corrected chi connectivity index (χ3v) is 3.34. The molecule has 2 fully saturated rings. The first-order valence-corrected chi connectivity index (χ1v) is 5.91. The molecule has 13 heavy (non-hydrogen) atoms. The molecule has 2 heteroatoms. The molecule has 0 aromatic heterocycles. The summed E-state index contributed by atoms with van der Waals surface area (Å²) in [6.45, 7) is 5.24. The van der Waals surface area contributed by atoms with Crippen molar-refractivity contribution in [2.45, 2.75) is 44.6 Å². The molecule has 0 bridgehead atoms. The standard InChI is InChI=1S/C11H22N2/c1-2-6-11(12-7-3-1)10-13-8-4-5-9-13/h11-12H,1-10H2/t11-/m0/s1. The molecule has 1 N–H and O–H groups in total. The molecule has 2 rings (SSSR count). The van der Waals surface area contributed by atoms with Crippen LogP contribution in [0.5, 0.6) is 0 Å². The molecule has 2 saturated heterocycles. The van der Waals surface area contributed by atoms with E-state index in [2.05, 4.69) is 10.2 Å². The van der Waals surface area contributed by atoms with Crippen molar-refractivity contribution in [3.05, 3.63) is 0 Å². The van der Waals surface area contributed by atoms with Crippen molar-refractivity contribution in [3.63, 3.8) is 0 Å². The monoisotopic (exact) mass is 182 g/mol. The maximum atomic E-state index is 3.67. The van der Waals surface area contributed by atoms with Gasteiger partial charge in [-0.2, -0.15) is 0 Å². The first-order chi connectivity index (χ1) is 6.45. The molecule has 0 unspecified atom stereocenters. The Balaban J connectivity index is 1.71. The molecular formula is C11H22N2. The summed E-state index contributed by atoms with van der Waals surface area (Å²) in [5.41, 5.74) is 0. The van der Waals surface area contributed by atoms with Crippen LogP contribution in [0.15, 0.2) is 0 Å². The average molecular weight is 182 g/mol. The van der Waals surface area contributed by atoms with Crippen LogP contribution >= 0.6 is 0 Å². The number of hydrogen-bond donors (Lipinski definition) is 1. The maximum Gasteiger partial charge on any atom is 0.0195 e. The Bertz CT molecular complexity index is 133. The number of nitrogens with zero attached hydrogens (tertiary/aromatic N) is 1. The Morgan fingerprint density at radius 1 is 1.00 bits per heavy atom. The van der Waals surface area contributed by atoms with Crippen LogP contribution in [-0.2, 0) is 0 Å². The lowest BCUT2D eigenvalue weighted by molar-refractivity contribution is 0.287. The van der Waals surface area contributed by atoms with E-state index in [1.54, 1.807) is 0 Å². The van der Waals surface area contributed by atoms with E-state index in [0.29, 0.717) is 0 Å². The smallest absolute Gasteiger partial charge is 0.0195 e. The minimum Gasteiger partial charge on any atom is -0.313 e. The van der Waals surface area contributed by atoms with E-state index in [1.165, 1.54) is 64.7 Å². The molecule has 2 aliphatic heterocycles. The Hall–Kier alpha value is -0.0800. The molecule has 0 aromatic rings. The Morgan fingerprint density at radius 2 is 1.85 bits per heavy atom. The molecular weight excluding hydrogens is 160 g/mol. The van der Waals surface area contributed by atoms with Crippen LogP contribution in [-0.4, -0.2) is 37.1 Å². The lowest BCUT2D eigenvalue weighted by Gasteiger charge is -2.22. The molecule has 2 aliphatic rings. The summed E-state index contributed by atoms with van der Waals surface area (Å²) in [5, 5.41) is 3.67. The van der Waals surface area contributed by atoms with Crippen molar-refractivity contribution in [2.24, 2.45) is 0 Å². The van der Waals surface area contributed by atoms with Crippen LogP contribution in [0.2, 0.25) is 0 Å². The number of rotatable bonds is 2. The fourth-order valence-corrected chi connectivity index (χ4v) is 2.53. The van der Waals surface area contributed by atoms with E-state index in [0.717, 1.165) is 6.04 Å². The molecule has 2 nitrogen and oxygen atoms in total. The van der Waals surface area contributed by atoms with Crippen molar-refractivity contribution in [2.75, 3.05) is 26.2 Å². The van der Waals surface area contributed by atoms with Gasteiger partial charge in [0, 0.05) is 12.6 Å². The van der Waals surface area contributed by atoms with E-state index in [4.69, 9.17) is 0 Å². The van der Waals surface area contributed by atoms with Gasteiger partial charge in [0.15, 0.2) is 0 Å². The quantitative estimate of drug-likeness (QED) is 0.698.